The van der Waals surface area contributed by atoms with Crippen molar-refractivity contribution in [3.63, 3.8) is 0 Å². The summed E-state index contributed by atoms with van der Waals surface area (Å²) in [5, 5.41) is 17.1. The van der Waals surface area contributed by atoms with Crippen LogP contribution in [0.3, 0.4) is 0 Å². The smallest absolute Gasteiger partial charge is 0.411 e. The second kappa shape index (κ2) is 9.41. The number of anilines is 3. The van der Waals surface area contributed by atoms with Gasteiger partial charge in [-0.05, 0) is 43.2 Å². The molecule has 0 saturated heterocycles. The van der Waals surface area contributed by atoms with Crippen LogP contribution in [0.15, 0.2) is 42.5 Å². The molecule has 2 rings (SSSR count). The van der Waals surface area contributed by atoms with E-state index in [2.05, 4.69) is 10.6 Å². The van der Waals surface area contributed by atoms with E-state index in [4.69, 9.17) is 4.74 Å². The first kappa shape index (κ1) is 19.2. The number of ether oxygens (including phenoxy) is 1. The first-order valence-corrected chi connectivity index (χ1v) is 8.62. The molecule has 0 aliphatic heterocycles. The molecule has 0 fully saturated rings. The third-order valence-electron chi connectivity index (χ3n) is 3.82. The molecule has 2 N–H and O–H groups in total. The van der Waals surface area contributed by atoms with Crippen LogP contribution < -0.4 is 10.6 Å². The Hall–Kier alpha value is -3.09. The van der Waals surface area contributed by atoms with Crippen LogP contribution in [-0.2, 0) is 11.2 Å². The Kier molecular flexibility index (Phi) is 6.96. The summed E-state index contributed by atoms with van der Waals surface area (Å²) in [5.74, 6) is 0. The summed E-state index contributed by atoms with van der Waals surface area (Å²) in [6.45, 7) is 4.29. The predicted molar refractivity (Wildman–Crippen MR) is 102 cm³/mol. The minimum Gasteiger partial charge on any atom is -0.449 e. The lowest BCUT2D eigenvalue weighted by Gasteiger charge is -2.11. The van der Waals surface area contributed by atoms with Gasteiger partial charge in [-0.2, -0.15) is 0 Å². The largest absolute Gasteiger partial charge is 0.449 e. The van der Waals surface area contributed by atoms with Gasteiger partial charge in [0.15, 0.2) is 0 Å². The highest BCUT2D eigenvalue weighted by atomic mass is 16.6. The van der Waals surface area contributed by atoms with Gasteiger partial charge in [-0.25, -0.2) is 4.79 Å². The number of hydrogen-bond acceptors (Lipinski definition) is 5. The van der Waals surface area contributed by atoms with Crippen molar-refractivity contribution in [2.24, 2.45) is 0 Å². The Morgan fingerprint density at radius 3 is 2.42 bits per heavy atom. The first-order valence-electron chi connectivity index (χ1n) is 8.62. The fraction of sp³-hybridized carbons (Fsp3) is 0.316. The first-order chi connectivity index (χ1) is 12.5. The van der Waals surface area contributed by atoms with Gasteiger partial charge in [-0.1, -0.05) is 32.4 Å². The number of unbranched alkanes of at least 4 members (excludes halogenated alkanes) is 1. The van der Waals surface area contributed by atoms with Gasteiger partial charge in [0.25, 0.3) is 5.69 Å². The van der Waals surface area contributed by atoms with Crippen LogP contribution in [0, 0.1) is 10.1 Å². The molecule has 0 aliphatic carbocycles. The molecule has 26 heavy (non-hydrogen) atoms. The van der Waals surface area contributed by atoms with Crippen LogP contribution in [0.4, 0.5) is 27.5 Å². The summed E-state index contributed by atoms with van der Waals surface area (Å²) in [6.07, 6.45) is 1.87. The van der Waals surface area contributed by atoms with Crippen molar-refractivity contribution in [1.82, 2.24) is 0 Å². The van der Waals surface area contributed by atoms with Gasteiger partial charge in [0.2, 0.25) is 0 Å². The lowest BCUT2D eigenvalue weighted by Crippen LogP contribution is -2.14. The molecular formula is C19H23N3O4. The third-order valence-corrected chi connectivity index (χ3v) is 3.82. The summed E-state index contributed by atoms with van der Waals surface area (Å²) in [5.41, 5.74) is 2.47. The summed E-state index contributed by atoms with van der Waals surface area (Å²) < 4.78 is 5.04. The van der Waals surface area contributed by atoms with Gasteiger partial charge >= 0.3 is 6.09 Å². The van der Waals surface area contributed by atoms with Gasteiger partial charge in [0, 0.05) is 16.9 Å². The molecule has 0 aliphatic rings. The Balaban J connectivity index is 2.06. The van der Waals surface area contributed by atoms with Gasteiger partial charge < -0.3 is 10.1 Å². The molecule has 2 aromatic carbocycles. The van der Waals surface area contributed by atoms with Gasteiger partial charge in [0.05, 0.1) is 11.5 Å². The number of nitro groups is 1. The van der Waals surface area contributed by atoms with Crippen molar-refractivity contribution in [2.45, 2.75) is 33.1 Å². The number of carbonyl (C=O) groups is 1. The van der Waals surface area contributed by atoms with E-state index in [0.717, 1.165) is 12.8 Å². The molecule has 0 atom stereocenters. The highest BCUT2D eigenvalue weighted by molar-refractivity contribution is 5.85. The maximum absolute atomic E-state index is 11.6. The molecular weight excluding hydrogens is 334 g/mol. The van der Waals surface area contributed by atoms with Crippen molar-refractivity contribution < 1.29 is 14.5 Å². The zero-order chi connectivity index (χ0) is 18.9. The second-order valence-electron chi connectivity index (χ2n) is 5.74. The lowest BCUT2D eigenvalue weighted by atomic mass is 10.1. The van der Waals surface area contributed by atoms with Crippen LogP contribution >= 0.6 is 0 Å². The third kappa shape index (κ3) is 5.20. The van der Waals surface area contributed by atoms with Crippen molar-refractivity contribution in [3.05, 3.63) is 58.1 Å². The standard InChI is InChI=1S/C19H23N3O4/c1-3-5-13-26-19(23)21-16-11-9-15(10-12-16)20-17-8-6-7-14(4-2)18(17)22(24)25/h6-12,20H,3-5,13H2,1-2H3,(H,21,23). The average Bonchev–Trinajstić information content (AvgIpc) is 2.63. The SMILES string of the molecule is CCCCOC(=O)Nc1ccc(Nc2cccc(CC)c2[N+](=O)[O-])cc1. The lowest BCUT2D eigenvalue weighted by molar-refractivity contribution is -0.384. The van der Waals surface area contributed by atoms with E-state index in [-0.39, 0.29) is 10.6 Å². The number of benzene rings is 2. The van der Waals surface area contributed by atoms with Gasteiger partial charge in [-0.15, -0.1) is 0 Å². The van der Waals surface area contributed by atoms with E-state index in [1.54, 1.807) is 42.5 Å². The number of nitro benzene ring substituents is 1. The van der Waals surface area contributed by atoms with E-state index >= 15 is 0 Å². The summed E-state index contributed by atoms with van der Waals surface area (Å²) in [6, 6.07) is 12.1. The number of carbonyl (C=O) groups excluding carboxylic acids is 1. The van der Waals surface area contributed by atoms with E-state index in [0.29, 0.717) is 35.7 Å². The molecule has 0 heterocycles. The highest BCUT2D eigenvalue weighted by Crippen LogP contribution is 2.31. The van der Waals surface area contributed by atoms with Crippen LogP contribution in [-0.4, -0.2) is 17.6 Å². The van der Waals surface area contributed by atoms with Crippen molar-refractivity contribution in [3.8, 4) is 0 Å². The van der Waals surface area contributed by atoms with Gasteiger partial charge in [-0.3, -0.25) is 15.4 Å². The highest BCUT2D eigenvalue weighted by Gasteiger charge is 2.18. The van der Waals surface area contributed by atoms with Crippen LogP contribution in [0.5, 0.6) is 0 Å². The number of nitrogens with one attached hydrogen (secondary N) is 2. The molecule has 0 radical (unpaired) electrons. The number of rotatable bonds is 8. The molecule has 7 nitrogen and oxygen atoms in total. The monoisotopic (exact) mass is 357 g/mol. The van der Waals surface area contributed by atoms with E-state index in [1.807, 2.05) is 13.8 Å². The summed E-state index contributed by atoms with van der Waals surface area (Å²) in [4.78, 5) is 22.6. The maximum Gasteiger partial charge on any atom is 0.411 e. The number of aryl methyl sites for hydroxylation is 1. The van der Waals surface area contributed by atoms with E-state index < -0.39 is 6.09 Å². The number of para-hydroxylation sites is 1. The van der Waals surface area contributed by atoms with Crippen LogP contribution in [0.1, 0.15) is 32.3 Å². The summed E-state index contributed by atoms with van der Waals surface area (Å²) in [7, 11) is 0. The minimum absolute atomic E-state index is 0.0803. The van der Waals surface area contributed by atoms with Crippen LogP contribution in [0.2, 0.25) is 0 Å². The van der Waals surface area contributed by atoms with Gasteiger partial charge in [0.1, 0.15) is 5.69 Å². The zero-order valence-corrected chi connectivity index (χ0v) is 15.0. The molecule has 1 amide bonds. The number of nitrogens with zero attached hydrogens (tertiary/aromatic N) is 1. The molecule has 0 spiro atoms. The Bertz CT molecular complexity index is 760. The molecule has 0 saturated carbocycles. The quantitative estimate of drug-likeness (QED) is 0.382. The molecule has 0 aromatic heterocycles. The summed E-state index contributed by atoms with van der Waals surface area (Å²) >= 11 is 0. The van der Waals surface area contributed by atoms with Crippen molar-refractivity contribution in [2.75, 3.05) is 17.2 Å². The maximum atomic E-state index is 11.6. The Morgan fingerprint density at radius 2 is 1.81 bits per heavy atom. The fourth-order valence-electron chi connectivity index (χ4n) is 2.45. The second-order valence-corrected chi connectivity index (χ2v) is 5.74. The Labute approximate surface area is 152 Å². The molecule has 138 valence electrons. The van der Waals surface area contributed by atoms with E-state index in [9.17, 15) is 14.9 Å². The predicted octanol–water partition coefficient (Wildman–Crippen LogP) is 5.25. The minimum atomic E-state index is -0.495. The Morgan fingerprint density at radius 1 is 1.12 bits per heavy atom. The fourth-order valence-corrected chi connectivity index (χ4v) is 2.45. The molecule has 0 bridgehead atoms. The average molecular weight is 357 g/mol. The van der Waals surface area contributed by atoms with Crippen molar-refractivity contribution >= 4 is 28.8 Å². The van der Waals surface area contributed by atoms with Crippen molar-refractivity contribution in [1.29, 1.82) is 0 Å². The topological polar surface area (TPSA) is 93.5 Å². The molecule has 0 unspecified atom stereocenters. The normalized spacial score (nSPS) is 10.2. The zero-order valence-electron chi connectivity index (χ0n) is 15.0. The number of amides is 1. The number of hydrogen-bond donors (Lipinski definition) is 2. The van der Waals surface area contributed by atoms with E-state index in [1.165, 1.54) is 0 Å². The van der Waals surface area contributed by atoms with Crippen LogP contribution in [0.25, 0.3) is 0 Å². The molecule has 7 heteroatoms. The molecule has 2 aromatic rings.